The van der Waals surface area contributed by atoms with Crippen LogP contribution in [0.5, 0.6) is 5.88 Å². The van der Waals surface area contributed by atoms with Crippen molar-refractivity contribution in [1.29, 1.82) is 0 Å². The molecule has 2 heterocycles. The Balaban J connectivity index is 1.89. The number of aromatic nitrogens is 1. The molecule has 1 aliphatic rings. The minimum absolute atomic E-state index is 0.00611. The van der Waals surface area contributed by atoms with Gasteiger partial charge in [0, 0.05) is 18.3 Å². The lowest BCUT2D eigenvalue weighted by Gasteiger charge is -2.23. The Morgan fingerprint density at radius 2 is 2.47 bits per heavy atom. The average molecular weight is 237 g/mol. The van der Waals surface area contributed by atoms with E-state index >= 15 is 0 Å². The Morgan fingerprint density at radius 1 is 1.59 bits per heavy atom. The fraction of sp³-hybridized carbons (Fsp3) is 0.545. The lowest BCUT2D eigenvalue weighted by atomic mass is 10.1. The highest BCUT2D eigenvalue weighted by molar-refractivity contribution is 5.32. The second-order valence-electron chi connectivity index (χ2n) is 4.07. The van der Waals surface area contributed by atoms with E-state index in [0.29, 0.717) is 18.5 Å². The van der Waals surface area contributed by atoms with E-state index in [2.05, 4.69) is 10.3 Å². The molecule has 6 heteroatoms. The van der Waals surface area contributed by atoms with Crippen LogP contribution in [0, 0.1) is 10.1 Å². The summed E-state index contributed by atoms with van der Waals surface area (Å²) in [5.41, 5.74) is 0.00611. The smallest absolute Gasteiger partial charge is 0.276 e. The van der Waals surface area contributed by atoms with Crippen LogP contribution >= 0.6 is 0 Å². The van der Waals surface area contributed by atoms with Crippen molar-refractivity contribution in [3.8, 4) is 5.88 Å². The third-order valence-electron chi connectivity index (χ3n) is 2.77. The quantitative estimate of drug-likeness (QED) is 0.634. The van der Waals surface area contributed by atoms with E-state index in [1.807, 2.05) is 0 Å². The zero-order valence-corrected chi connectivity index (χ0v) is 9.46. The maximum absolute atomic E-state index is 10.6. The van der Waals surface area contributed by atoms with E-state index in [0.717, 1.165) is 13.0 Å². The summed E-state index contributed by atoms with van der Waals surface area (Å²) in [7, 11) is 0. The molecule has 0 radical (unpaired) electrons. The number of hydrogen-bond donors (Lipinski definition) is 1. The number of nitro groups is 1. The molecule has 2 rings (SSSR count). The predicted molar refractivity (Wildman–Crippen MR) is 62.0 cm³/mol. The van der Waals surface area contributed by atoms with Crippen molar-refractivity contribution in [2.75, 3.05) is 13.2 Å². The van der Waals surface area contributed by atoms with E-state index in [1.165, 1.54) is 31.2 Å². The molecule has 0 aromatic carbocycles. The molecule has 1 aromatic heterocycles. The third kappa shape index (κ3) is 3.39. The van der Waals surface area contributed by atoms with Crippen LogP contribution in [0.25, 0.3) is 0 Å². The van der Waals surface area contributed by atoms with Gasteiger partial charge in [0.25, 0.3) is 5.69 Å². The van der Waals surface area contributed by atoms with E-state index < -0.39 is 4.92 Å². The number of nitrogens with one attached hydrogen (secondary N) is 1. The Kier molecular flexibility index (Phi) is 3.87. The molecule has 0 saturated carbocycles. The molecule has 0 spiro atoms. The summed E-state index contributed by atoms with van der Waals surface area (Å²) >= 11 is 0. The molecule has 1 saturated heterocycles. The van der Waals surface area contributed by atoms with Crippen molar-refractivity contribution < 1.29 is 9.66 Å². The van der Waals surface area contributed by atoms with Gasteiger partial charge in [-0.2, -0.15) is 0 Å². The van der Waals surface area contributed by atoms with Crippen LogP contribution in [-0.4, -0.2) is 29.1 Å². The van der Waals surface area contributed by atoms with Crippen molar-refractivity contribution in [3.05, 3.63) is 28.4 Å². The molecule has 0 aliphatic carbocycles. The molecule has 17 heavy (non-hydrogen) atoms. The van der Waals surface area contributed by atoms with Crippen LogP contribution in [-0.2, 0) is 0 Å². The van der Waals surface area contributed by atoms with Gasteiger partial charge in [0.2, 0.25) is 5.88 Å². The lowest BCUT2D eigenvalue weighted by molar-refractivity contribution is -0.385. The normalized spacial score (nSPS) is 19.9. The van der Waals surface area contributed by atoms with Crippen LogP contribution in [0.15, 0.2) is 18.3 Å². The molecule has 1 aliphatic heterocycles. The SMILES string of the molecule is O=[N+]([O-])c1ccnc(OCC2CCCCN2)c1. The van der Waals surface area contributed by atoms with Crippen molar-refractivity contribution >= 4 is 5.69 Å². The van der Waals surface area contributed by atoms with Gasteiger partial charge in [-0.3, -0.25) is 10.1 Å². The van der Waals surface area contributed by atoms with Crippen molar-refractivity contribution in [2.45, 2.75) is 25.3 Å². The monoisotopic (exact) mass is 237 g/mol. The molecule has 1 fully saturated rings. The summed E-state index contributed by atoms with van der Waals surface area (Å²) in [5, 5.41) is 13.9. The number of ether oxygens (including phenoxy) is 1. The highest BCUT2D eigenvalue weighted by Crippen LogP contribution is 2.16. The molecule has 1 atom stereocenters. The highest BCUT2D eigenvalue weighted by Gasteiger charge is 2.14. The van der Waals surface area contributed by atoms with Gasteiger partial charge in [0.15, 0.2) is 0 Å². The number of rotatable bonds is 4. The first-order valence-corrected chi connectivity index (χ1v) is 5.72. The van der Waals surface area contributed by atoms with Gasteiger partial charge in [-0.05, 0) is 19.4 Å². The lowest BCUT2D eigenvalue weighted by Crippen LogP contribution is -2.38. The van der Waals surface area contributed by atoms with E-state index in [4.69, 9.17) is 4.74 Å². The van der Waals surface area contributed by atoms with E-state index in [-0.39, 0.29) is 5.69 Å². The largest absolute Gasteiger partial charge is 0.476 e. The molecule has 6 nitrogen and oxygen atoms in total. The predicted octanol–water partition coefficient (Wildman–Crippen LogP) is 1.51. The van der Waals surface area contributed by atoms with Gasteiger partial charge in [0.1, 0.15) is 6.61 Å². The van der Waals surface area contributed by atoms with Gasteiger partial charge in [-0.25, -0.2) is 4.98 Å². The molecular weight excluding hydrogens is 222 g/mol. The van der Waals surface area contributed by atoms with Crippen LogP contribution in [0.2, 0.25) is 0 Å². The zero-order valence-electron chi connectivity index (χ0n) is 9.46. The fourth-order valence-electron chi connectivity index (χ4n) is 1.84. The maximum Gasteiger partial charge on any atom is 0.276 e. The van der Waals surface area contributed by atoms with Gasteiger partial charge in [-0.1, -0.05) is 6.42 Å². The summed E-state index contributed by atoms with van der Waals surface area (Å²) < 4.78 is 5.46. The standard InChI is InChI=1S/C11H15N3O3/c15-14(16)10-4-6-13-11(7-10)17-8-9-3-1-2-5-12-9/h4,6-7,9,12H,1-3,5,8H2. The molecule has 1 aromatic rings. The maximum atomic E-state index is 10.6. The summed E-state index contributed by atoms with van der Waals surface area (Å²) in [6, 6.07) is 3.03. The second kappa shape index (κ2) is 5.58. The first kappa shape index (κ1) is 11.8. The van der Waals surface area contributed by atoms with Gasteiger partial charge >= 0.3 is 0 Å². The number of nitrogens with zero attached hydrogens (tertiary/aromatic N) is 2. The number of hydrogen-bond acceptors (Lipinski definition) is 5. The molecule has 0 bridgehead atoms. The van der Waals surface area contributed by atoms with Crippen LogP contribution in [0.3, 0.4) is 0 Å². The fourth-order valence-corrected chi connectivity index (χ4v) is 1.84. The molecule has 1 N–H and O–H groups in total. The minimum Gasteiger partial charge on any atom is -0.476 e. The third-order valence-corrected chi connectivity index (χ3v) is 2.77. The van der Waals surface area contributed by atoms with E-state index in [9.17, 15) is 10.1 Å². The molecule has 1 unspecified atom stereocenters. The Bertz CT molecular complexity index is 391. The summed E-state index contributed by atoms with van der Waals surface area (Å²) in [4.78, 5) is 14.1. The Labute approximate surface area is 99.2 Å². The summed E-state index contributed by atoms with van der Waals surface area (Å²) in [5.74, 6) is 0.312. The van der Waals surface area contributed by atoms with Crippen LogP contribution in [0.1, 0.15) is 19.3 Å². The van der Waals surface area contributed by atoms with Gasteiger partial charge in [0.05, 0.1) is 11.0 Å². The van der Waals surface area contributed by atoms with Gasteiger partial charge in [-0.15, -0.1) is 0 Å². The highest BCUT2D eigenvalue weighted by atomic mass is 16.6. The molecule has 0 amide bonds. The number of piperidine rings is 1. The van der Waals surface area contributed by atoms with Gasteiger partial charge < -0.3 is 10.1 Å². The zero-order chi connectivity index (χ0) is 12.1. The molecular formula is C11H15N3O3. The van der Waals surface area contributed by atoms with Crippen molar-refractivity contribution in [3.63, 3.8) is 0 Å². The van der Waals surface area contributed by atoms with Crippen molar-refractivity contribution in [2.24, 2.45) is 0 Å². The minimum atomic E-state index is -0.451. The van der Waals surface area contributed by atoms with Crippen molar-refractivity contribution in [1.82, 2.24) is 10.3 Å². The van der Waals surface area contributed by atoms with Crippen LogP contribution in [0.4, 0.5) is 5.69 Å². The summed E-state index contributed by atoms with van der Waals surface area (Å²) in [6.07, 6.45) is 4.87. The number of pyridine rings is 1. The molecule has 92 valence electrons. The Morgan fingerprint density at radius 3 is 3.18 bits per heavy atom. The first-order chi connectivity index (χ1) is 8.25. The Hall–Kier alpha value is -1.69. The second-order valence-corrected chi connectivity index (χ2v) is 4.07. The first-order valence-electron chi connectivity index (χ1n) is 5.72. The van der Waals surface area contributed by atoms with E-state index in [1.54, 1.807) is 0 Å². The average Bonchev–Trinajstić information content (AvgIpc) is 2.38. The summed E-state index contributed by atoms with van der Waals surface area (Å²) in [6.45, 7) is 1.52. The van der Waals surface area contributed by atoms with Crippen LogP contribution < -0.4 is 10.1 Å². The topological polar surface area (TPSA) is 77.3 Å².